The summed E-state index contributed by atoms with van der Waals surface area (Å²) in [5.41, 5.74) is 8.72. The first kappa shape index (κ1) is 11.0. The van der Waals surface area contributed by atoms with E-state index in [0.717, 1.165) is 5.69 Å². The summed E-state index contributed by atoms with van der Waals surface area (Å²) in [4.78, 5) is 17.9. The molecular weight excluding hydrogens is 194 g/mol. The van der Waals surface area contributed by atoms with Gasteiger partial charge in [0.25, 0.3) is 0 Å². The summed E-state index contributed by atoms with van der Waals surface area (Å²) < 4.78 is 0. The quantitative estimate of drug-likeness (QED) is 0.337. The zero-order chi connectivity index (χ0) is 10.9. The van der Waals surface area contributed by atoms with Crippen molar-refractivity contribution in [2.24, 2.45) is 5.11 Å². The first-order valence-electron chi connectivity index (χ1n) is 4.50. The number of pyridine rings is 1. The summed E-state index contributed by atoms with van der Waals surface area (Å²) in [5, 5.41) is 5.92. The molecule has 1 rings (SSSR count). The van der Waals surface area contributed by atoms with Crippen molar-refractivity contribution in [1.29, 1.82) is 0 Å². The second kappa shape index (κ2) is 6.39. The smallest absolute Gasteiger partial charge is 0.226 e. The van der Waals surface area contributed by atoms with Gasteiger partial charge in [-0.3, -0.25) is 9.78 Å². The van der Waals surface area contributed by atoms with E-state index in [4.69, 9.17) is 5.53 Å². The number of hydrogen-bond donors (Lipinski definition) is 1. The van der Waals surface area contributed by atoms with Gasteiger partial charge in [-0.15, -0.1) is 0 Å². The van der Waals surface area contributed by atoms with Crippen LogP contribution in [0.15, 0.2) is 29.5 Å². The van der Waals surface area contributed by atoms with E-state index in [1.54, 1.807) is 18.3 Å². The normalized spacial score (nSPS) is 9.07. The number of nitrogens with one attached hydrogen (secondary N) is 1. The minimum Gasteiger partial charge on any atom is -0.356 e. The Morgan fingerprint density at radius 3 is 3.13 bits per heavy atom. The minimum atomic E-state index is -0.123. The standard InChI is InChI=1S/C9H11N5O/c10-14-13-6-5-12-9(15)7-8-3-1-2-4-11-8/h1-4H,5-7H2,(H,12,15). The highest BCUT2D eigenvalue weighted by Gasteiger charge is 2.01. The number of carbonyl (C=O) groups excluding carboxylic acids is 1. The highest BCUT2D eigenvalue weighted by atomic mass is 16.1. The third-order valence-corrected chi connectivity index (χ3v) is 1.67. The van der Waals surface area contributed by atoms with Crippen molar-refractivity contribution in [2.45, 2.75) is 6.42 Å². The minimum absolute atomic E-state index is 0.123. The fraction of sp³-hybridized carbons (Fsp3) is 0.333. The molecule has 1 N–H and O–H groups in total. The van der Waals surface area contributed by atoms with Gasteiger partial charge in [0.15, 0.2) is 0 Å². The van der Waals surface area contributed by atoms with Gasteiger partial charge >= 0.3 is 0 Å². The average molecular weight is 205 g/mol. The van der Waals surface area contributed by atoms with Crippen molar-refractivity contribution in [1.82, 2.24) is 10.3 Å². The molecule has 0 atom stereocenters. The lowest BCUT2D eigenvalue weighted by atomic mass is 10.2. The fourth-order valence-corrected chi connectivity index (χ4v) is 1.02. The molecule has 0 aliphatic carbocycles. The van der Waals surface area contributed by atoms with Gasteiger partial charge in [-0.1, -0.05) is 11.2 Å². The monoisotopic (exact) mass is 205 g/mol. The molecule has 6 heteroatoms. The molecule has 0 aromatic carbocycles. The second-order valence-electron chi connectivity index (χ2n) is 2.80. The Morgan fingerprint density at radius 1 is 1.60 bits per heavy atom. The molecule has 1 amide bonds. The number of aromatic nitrogens is 1. The van der Waals surface area contributed by atoms with Crippen molar-refractivity contribution in [3.63, 3.8) is 0 Å². The van der Waals surface area contributed by atoms with Crippen LogP contribution in [-0.2, 0) is 11.2 Å². The molecule has 0 saturated carbocycles. The van der Waals surface area contributed by atoms with Gasteiger partial charge in [-0.05, 0) is 17.7 Å². The van der Waals surface area contributed by atoms with Crippen LogP contribution < -0.4 is 5.32 Å². The van der Waals surface area contributed by atoms with Crippen LogP contribution in [0.25, 0.3) is 10.4 Å². The topological polar surface area (TPSA) is 90.8 Å². The Hall–Kier alpha value is -2.07. The molecule has 78 valence electrons. The Labute approximate surface area is 87.0 Å². The van der Waals surface area contributed by atoms with E-state index in [1.165, 1.54) is 0 Å². The van der Waals surface area contributed by atoms with Crippen LogP contribution in [0.5, 0.6) is 0 Å². The molecule has 1 heterocycles. The third kappa shape index (κ3) is 4.64. The summed E-state index contributed by atoms with van der Waals surface area (Å²) in [6, 6.07) is 5.41. The molecular formula is C9H11N5O. The van der Waals surface area contributed by atoms with E-state index in [9.17, 15) is 4.79 Å². The molecule has 0 aliphatic heterocycles. The predicted molar refractivity (Wildman–Crippen MR) is 55.0 cm³/mol. The van der Waals surface area contributed by atoms with Gasteiger partial charge in [0.1, 0.15) is 0 Å². The lowest BCUT2D eigenvalue weighted by molar-refractivity contribution is -0.120. The van der Waals surface area contributed by atoms with Gasteiger partial charge in [0.05, 0.1) is 6.42 Å². The number of carbonyl (C=O) groups is 1. The largest absolute Gasteiger partial charge is 0.356 e. The van der Waals surface area contributed by atoms with Crippen LogP contribution in [0.2, 0.25) is 0 Å². The van der Waals surface area contributed by atoms with Gasteiger partial charge in [-0.2, -0.15) is 0 Å². The van der Waals surface area contributed by atoms with Crippen LogP contribution in [-0.4, -0.2) is 24.0 Å². The van der Waals surface area contributed by atoms with Crippen molar-refractivity contribution < 1.29 is 4.79 Å². The third-order valence-electron chi connectivity index (χ3n) is 1.67. The Morgan fingerprint density at radius 2 is 2.47 bits per heavy atom. The molecule has 0 fully saturated rings. The summed E-state index contributed by atoms with van der Waals surface area (Å²) >= 11 is 0. The van der Waals surface area contributed by atoms with Gasteiger partial charge in [-0.25, -0.2) is 0 Å². The number of rotatable bonds is 5. The van der Waals surface area contributed by atoms with Crippen LogP contribution in [0.3, 0.4) is 0 Å². The van der Waals surface area contributed by atoms with Crippen LogP contribution >= 0.6 is 0 Å². The molecule has 0 bridgehead atoms. The second-order valence-corrected chi connectivity index (χ2v) is 2.80. The lowest BCUT2D eigenvalue weighted by Gasteiger charge is -2.01. The van der Waals surface area contributed by atoms with E-state index >= 15 is 0 Å². The number of hydrogen-bond acceptors (Lipinski definition) is 3. The summed E-state index contributed by atoms with van der Waals surface area (Å²) in [6.45, 7) is 0.625. The Bertz CT molecular complexity index is 358. The molecule has 0 radical (unpaired) electrons. The van der Waals surface area contributed by atoms with Gasteiger partial charge in [0, 0.05) is 29.9 Å². The number of amides is 1. The molecule has 0 saturated heterocycles. The van der Waals surface area contributed by atoms with Gasteiger partial charge < -0.3 is 5.32 Å². The molecule has 1 aromatic rings. The first-order valence-corrected chi connectivity index (χ1v) is 4.50. The van der Waals surface area contributed by atoms with Crippen molar-refractivity contribution in [2.75, 3.05) is 13.1 Å². The number of azide groups is 1. The summed E-state index contributed by atoms with van der Waals surface area (Å²) in [5.74, 6) is -0.123. The van der Waals surface area contributed by atoms with E-state index in [2.05, 4.69) is 20.3 Å². The Kier molecular flexibility index (Phi) is 4.69. The van der Waals surface area contributed by atoms with E-state index in [0.29, 0.717) is 6.54 Å². The van der Waals surface area contributed by atoms with Crippen molar-refractivity contribution in [3.8, 4) is 0 Å². The zero-order valence-electron chi connectivity index (χ0n) is 8.13. The van der Waals surface area contributed by atoms with Crippen molar-refractivity contribution in [3.05, 3.63) is 40.5 Å². The molecule has 15 heavy (non-hydrogen) atoms. The predicted octanol–water partition coefficient (Wildman–Crippen LogP) is 1.05. The maximum atomic E-state index is 11.3. The van der Waals surface area contributed by atoms with E-state index in [1.807, 2.05) is 6.07 Å². The van der Waals surface area contributed by atoms with Crippen molar-refractivity contribution >= 4 is 5.91 Å². The highest BCUT2D eigenvalue weighted by Crippen LogP contribution is 1.93. The highest BCUT2D eigenvalue weighted by molar-refractivity contribution is 5.78. The van der Waals surface area contributed by atoms with Crippen LogP contribution in [0.4, 0.5) is 0 Å². The maximum Gasteiger partial charge on any atom is 0.226 e. The summed E-state index contributed by atoms with van der Waals surface area (Å²) in [7, 11) is 0. The zero-order valence-corrected chi connectivity index (χ0v) is 8.13. The maximum absolute atomic E-state index is 11.3. The number of nitrogens with zero attached hydrogens (tertiary/aromatic N) is 4. The fourth-order valence-electron chi connectivity index (χ4n) is 1.02. The molecule has 0 unspecified atom stereocenters. The van der Waals surface area contributed by atoms with Gasteiger partial charge in [0.2, 0.25) is 5.91 Å². The Balaban J connectivity index is 2.27. The first-order chi connectivity index (χ1) is 7.33. The van der Waals surface area contributed by atoms with E-state index < -0.39 is 0 Å². The lowest BCUT2D eigenvalue weighted by Crippen LogP contribution is -2.27. The summed E-state index contributed by atoms with van der Waals surface area (Å²) in [6.07, 6.45) is 1.89. The van der Waals surface area contributed by atoms with Crippen LogP contribution in [0.1, 0.15) is 5.69 Å². The van der Waals surface area contributed by atoms with Crippen LogP contribution in [0, 0.1) is 0 Å². The molecule has 1 aromatic heterocycles. The van der Waals surface area contributed by atoms with E-state index in [-0.39, 0.29) is 18.9 Å². The average Bonchev–Trinajstić information content (AvgIpc) is 2.26. The molecule has 0 spiro atoms. The molecule has 6 nitrogen and oxygen atoms in total. The molecule has 0 aliphatic rings. The SMILES string of the molecule is [N-]=[N+]=NCCNC(=O)Cc1ccccn1.